The molecule has 2 aromatic carbocycles. The molecule has 1 heterocycles. The molecule has 0 bridgehead atoms. The molecule has 0 saturated carbocycles. The van der Waals surface area contributed by atoms with Crippen LogP contribution in [0.25, 0.3) is 11.1 Å². The molecule has 0 aliphatic rings. The van der Waals surface area contributed by atoms with Crippen LogP contribution in [0.4, 0.5) is 5.69 Å². The van der Waals surface area contributed by atoms with E-state index in [0.717, 1.165) is 22.4 Å². The van der Waals surface area contributed by atoms with Crippen LogP contribution < -0.4 is 10.6 Å². The van der Waals surface area contributed by atoms with Crippen molar-refractivity contribution in [3.8, 4) is 11.1 Å². The van der Waals surface area contributed by atoms with Crippen LogP contribution in [0.5, 0.6) is 0 Å². The number of carboxylic acids is 1. The number of amides is 1. The predicted molar refractivity (Wildman–Crippen MR) is 126 cm³/mol. The summed E-state index contributed by atoms with van der Waals surface area (Å²) >= 11 is 8.48. The lowest BCUT2D eigenvalue weighted by atomic mass is 10.0. The van der Waals surface area contributed by atoms with Gasteiger partial charge in [-0.25, -0.2) is 0 Å². The van der Waals surface area contributed by atoms with Gasteiger partial charge in [-0.3, -0.25) is 14.6 Å². The van der Waals surface area contributed by atoms with E-state index in [2.05, 4.69) is 38.2 Å². The molecule has 0 atom stereocenters. The minimum Gasteiger partial charge on any atom is -0.481 e. The van der Waals surface area contributed by atoms with Crippen molar-refractivity contribution in [1.29, 1.82) is 0 Å². The second-order valence-electron chi connectivity index (χ2n) is 6.49. The Morgan fingerprint density at radius 2 is 1.83 bits per heavy atom. The average Bonchev–Trinajstić information content (AvgIpc) is 2.74. The van der Waals surface area contributed by atoms with Gasteiger partial charge in [-0.15, -0.1) is 0 Å². The van der Waals surface area contributed by atoms with Gasteiger partial charge in [-0.1, -0.05) is 23.7 Å². The summed E-state index contributed by atoms with van der Waals surface area (Å²) in [4.78, 5) is 26.9. The van der Waals surface area contributed by atoms with E-state index in [0.29, 0.717) is 11.6 Å². The van der Waals surface area contributed by atoms with Gasteiger partial charge in [0.2, 0.25) is 0 Å². The first-order valence-electron chi connectivity index (χ1n) is 9.16. The van der Waals surface area contributed by atoms with E-state index < -0.39 is 11.9 Å². The first-order valence-corrected chi connectivity index (χ1v) is 10.6. The van der Waals surface area contributed by atoms with Crippen molar-refractivity contribution < 1.29 is 14.7 Å². The van der Waals surface area contributed by atoms with Crippen molar-refractivity contribution >= 4 is 51.8 Å². The number of benzene rings is 2. The third kappa shape index (κ3) is 6.17. The topological polar surface area (TPSA) is 91.3 Å². The van der Waals surface area contributed by atoms with Gasteiger partial charge in [0.05, 0.1) is 6.42 Å². The number of carboxylic acid groups (broad SMARTS) is 1. The SMILES string of the molecule is O=C(O)CCNC(=O)c1ccc(-c2cc(Cl)ccc2CNc2ccc(I)cc2)cn1. The lowest BCUT2D eigenvalue weighted by Crippen LogP contribution is -2.26. The monoisotopic (exact) mass is 535 g/mol. The molecule has 6 nitrogen and oxygen atoms in total. The molecule has 3 N–H and O–H groups in total. The Hall–Kier alpha value is -2.65. The van der Waals surface area contributed by atoms with Gasteiger partial charge in [0.1, 0.15) is 5.69 Å². The molecule has 154 valence electrons. The lowest BCUT2D eigenvalue weighted by Gasteiger charge is -2.13. The number of nitrogens with zero attached hydrogens (tertiary/aromatic N) is 1. The van der Waals surface area contributed by atoms with E-state index >= 15 is 0 Å². The number of carbonyl (C=O) groups is 2. The number of aliphatic carboxylic acids is 1. The zero-order valence-electron chi connectivity index (χ0n) is 15.9. The van der Waals surface area contributed by atoms with Crippen molar-refractivity contribution in [1.82, 2.24) is 10.3 Å². The van der Waals surface area contributed by atoms with E-state index in [4.69, 9.17) is 16.7 Å². The minimum atomic E-state index is -0.967. The van der Waals surface area contributed by atoms with Crippen LogP contribution in [-0.2, 0) is 11.3 Å². The highest BCUT2D eigenvalue weighted by Gasteiger charge is 2.11. The molecule has 1 amide bonds. The van der Waals surface area contributed by atoms with Gasteiger partial charge < -0.3 is 15.7 Å². The molecule has 0 fully saturated rings. The first kappa shape index (κ1) is 22.0. The number of hydrogen-bond acceptors (Lipinski definition) is 4. The van der Waals surface area contributed by atoms with E-state index in [1.807, 2.05) is 42.5 Å². The van der Waals surface area contributed by atoms with Gasteiger partial charge in [0.15, 0.2) is 0 Å². The second-order valence-corrected chi connectivity index (χ2v) is 8.18. The average molecular weight is 536 g/mol. The Balaban J connectivity index is 1.74. The molecule has 0 aliphatic carbocycles. The fraction of sp³-hybridized carbons (Fsp3) is 0.136. The summed E-state index contributed by atoms with van der Waals surface area (Å²) in [5, 5.41) is 15.2. The van der Waals surface area contributed by atoms with Crippen LogP contribution in [0.2, 0.25) is 5.02 Å². The summed E-state index contributed by atoms with van der Waals surface area (Å²) in [6, 6.07) is 17.2. The molecule has 0 aliphatic heterocycles. The summed E-state index contributed by atoms with van der Waals surface area (Å²) < 4.78 is 1.17. The van der Waals surface area contributed by atoms with Gasteiger partial charge >= 0.3 is 5.97 Å². The van der Waals surface area contributed by atoms with Gasteiger partial charge in [-0.2, -0.15) is 0 Å². The third-order valence-electron chi connectivity index (χ3n) is 4.33. The standard InChI is InChI=1S/C22H19ClIN3O3/c23-16-3-1-14(12-26-18-6-4-17(24)5-7-18)19(11-16)15-2-8-20(27-13-15)22(30)25-10-9-21(28)29/h1-8,11,13,26H,9-10,12H2,(H,25,30)(H,28,29). The maximum absolute atomic E-state index is 12.1. The molecule has 1 aromatic heterocycles. The van der Waals surface area contributed by atoms with E-state index in [9.17, 15) is 9.59 Å². The molecule has 30 heavy (non-hydrogen) atoms. The van der Waals surface area contributed by atoms with E-state index in [1.165, 1.54) is 3.57 Å². The number of nitrogens with one attached hydrogen (secondary N) is 2. The minimum absolute atomic E-state index is 0.0558. The highest BCUT2D eigenvalue weighted by Crippen LogP contribution is 2.27. The van der Waals surface area contributed by atoms with Gasteiger partial charge in [0, 0.05) is 39.1 Å². The Morgan fingerprint density at radius 1 is 1.07 bits per heavy atom. The summed E-state index contributed by atoms with van der Waals surface area (Å²) in [7, 11) is 0. The molecule has 0 saturated heterocycles. The van der Waals surface area contributed by atoms with Crippen molar-refractivity contribution in [2.45, 2.75) is 13.0 Å². The molecule has 3 rings (SSSR count). The van der Waals surface area contributed by atoms with Crippen LogP contribution in [0.15, 0.2) is 60.8 Å². The number of hydrogen-bond donors (Lipinski definition) is 3. The Labute approximate surface area is 192 Å². The number of rotatable bonds is 8. The summed E-state index contributed by atoms with van der Waals surface area (Å²) in [6.45, 7) is 0.658. The largest absolute Gasteiger partial charge is 0.481 e. The summed E-state index contributed by atoms with van der Waals surface area (Å²) in [5.41, 5.74) is 4.04. The van der Waals surface area contributed by atoms with Crippen molar-refractivity contribution in [2.75, 3.05) is 11.9 Å². The Kier molecular flexibility index (Phi) is 7.64. The third-order valence-corrected chi connectivity index (χ3v) is 5.28. The van der Waals surface area contributed by atoms with Crippen molar-refractivity contribution in [3.63, 3.8) is 0 Å². The molecular formula is C22H19ClIN3O3. The molecule has 8 heteroatoms. The zero-order valence-corrected chi connectivity index (χ0v) is 18.8. The fourth-order valence-corrected chi connectivity index (χ4v) is 3.33. The summed E-state index contributed by atoms with van der Waals surface area (Å²) in [5.74, 6) is -1.37. The number of halogens is 2. The van der Waals surface area contributed by atoms with Crippen LogP contribution in [-0.4, -0.2) is 28.5 Å². The fourth-order valence-electron chi connectivity index (χ4n) is 2.80. The number of carbonyl (C=O) groups excluding carboxylic acids is 1. The van der Waals surface area contributed by atoms with Gasteiger partial charge in [-0.05, 0) is 76.2 Å². The van der Waals surface area contributed by atoms with Crippen molar-refractivity contribution in [3.05, 3.63) is 80.6 Å². The molecule has 0 radical (unpaired) electrons. The first-order chi connectivity index (χ1) is 14.4. The predicted octanol–water partition coefficient (Wildman–Crippen LogP) is 4.82. The van der Waals surface area contributed by atoms with Crippen LogP contribution in [0.1, 0.15) is 22.5 Å². The Morgan fingerprint density at radius 3 is 2.50 bits per heavy atom. The molecular weight excluding hydrogens is 517 g/mol. The maximum atomic E-state index is 12.1. The van der Waals surface area contributed by atoms with Crippen molar-refractivity contribution in [2.24, 2.45) is 0 Å². The molecule has 0 spiro atoms. The summed E-state index contributed by atoms with van der Waals surface area (Å²) in [6.07, 6.45) is 1.48. The van der Waals surface area contributed by atoms with Crippen LogP contribution >= 0.6 is 34.2 Å². The zero-order chi connectivity index (χ0) is 21.5. The normalized spacial score (nSPS) is 10.5. The highest BCUT2D eigenvalue weighted by molar-refractivity contribution is 14.1. The molecule has 3 aromatic rings. The lowest BCUT2D eigenvalue weighted by molar-refractivity contribution is -0.136. The number of aromatic nitrogens is 1. The molecule has 0 unspecified atom stereocenters. The highest BCUT2D eigenvalue weighted by atomic mass is 127. The van der Waals surface area contributed by atoms with E-state index in [-0.39, 0.29) is 18.7 Å². The van der Waals surface area contributed by atoms with E-state index in [1.54, 1.807) is 18.3 Å². The second kappa shape index (κ2) is 10.4. The number of anilines is 1. The van der Waals surface area contributed by atoms with Crippen LogP contribution in [0, 0.1) is 3.57 Å². The number of pyridine rings is 1. The van der Waals surface area contributed by atoms with Gasteiger partial charge in [0.25, 0.3) is 5.91 Å². The van der Waals surface area contributed by atoms with Crippen LogP contribution in [0.3, 0.4) is 0 Å². The quantitative estimate of drug-likeness (QED) is 0.360. The Bertz CT molecular complexity index is 1040. The smallest absolute Gasteiger partial charge is 0.305 e. The maximum Gasteiger partial charge on any atom is 0.305 e.